The third-order valence-corrected chi connectivity index (χ3v) is 1.75. The van der Waals surface area contributed by atoms with Gasteiger partial charge in [0.15, 0.2) is 0 Å². The summed E-state index contributed by atoms with van der Waals surface area (Å²) < 4.78 is 14.9. The summed E-state index contributed by atoms with van der Waals surface area (Å²) in [7, 11) is 0. The van der Waals surface area contributed by atoms with E-state index in [0.29, 0.717) is 33.2 Å². The van der Waals surface area contributed by atoms with Crippen molar-refractivity contribution in [3.63, 3.8) is 0 Å². The summed E-state index contributed by atoms with van der Waals surface area (Å²) in [5.74, 6) is 0. The van der Waals surface area contributed by atoms with Gasteiger partial charge < -0.3 is 44.8 Å². The molecular weight excluding hydrogens is 276 g/mol. The van der Waals surface area contributed by atoms with Crippen molar-refractivity contribution in [3.05, 3.63) is 0 Å². The zero-order valence-corrected chi connectivity index (χ0v) is 11.4. The normalized spacial score (nSPS) is 15.6. The lowest BCUT2D eigenvalue weighted by Crippen LogP contribution is -2.15. The van der Waals surface area contributed by atoms with Crippen molar-refractivity contribution in [2.24, 2.45) is 0 Å². The van der Waals surface area contributed by atoms with Gasteiger partial charge >= 0.3 is 0 Å². The summed E-state index contributed by atoms with van der Waals surface area (Å²) in [5.41, 5.74) is 0. The Morgan fingerprint density at radius 3 is 1.15 bits per heavy atom. The summed E-state index contributed by atoms with van der Waals surface area (Å²) in [4.78, 5) is 0. The minimum atomic E-state index is -0.954. The molecular formula is C11H26O9. The molecule has 9 nitrogen and oxygen atoms in total. The highest BCUT2D eigenvalue weighted by Gasteiger charge is 1.95. The molecule has 0 aromatic heterocycles. The second-order valence-electron chi connectivity index (χ2n) is 3.58. The van der Waals surface area contributed by atoms with Gasteiger partial charge in [-0.2, -0.15) is 0 Å². The maximum Gasteiger partial charge on any atom is 0.146 e. The summed E-state index contributed by atoms with van der Waals surface area (Å²) in [6.07, 6.45) is -1.91. The van der Waals surface area contributed by atoms with E-state index in [1.165, 1.54) is 0 Å². The average Bonchev–Trinajstić information content (AvgIpc) is 2.46. The molecule has 0 aromatic rings. The Balaban J connectivity index is 0. The molecule has 1 aliphatic rings. The lowest BCUT2D eigenvalue weighted by Gasteiger charge is -2.10. The minimum absolute atomic E-state index is 0.365. The molecule has 0 spiro atoms. The third kappa shape index (κ3) is 20.0. The molecule has 20 heavy (non-hydrogen) atoms. The van der Waals surface area contributed by atoms with Gasteiger partial charge in [-0.1, -0.05) is 0 Å². The van der Waals surface area contributed by atoms with Gasteiger partial charge in [0.1, 0.15) is 19.0 Å². The predicted molar refractivity (Wildman–Crippen MR) is 67.9 cm³/mol. The summed E-state index contributed by atoms with van der Waals surface area (Å²) in [6, 6.07) is 0. The molecule has 0 radical (unpaired) electrons. The molecule has 6 N–H and O–H groups in total. The Morgan fingerprint density at radius 2 is 0.900 bits per heavy atom. The molecule has 0 unspecified atom stereocenters. The topological polar surface area (TPSA) is 149 Å². The number of aliphatic hydroxyl groups is 6. The third-order valence-electron chi connectivity index (χ3n) is 1.75. The number of hydrogen-bond donors (Lipinski definition) is 6. The molecule has 9 heteroatoms. The lowest BCUT2D eigenvalue weighted by molar-refractivity contribution is -0.108. The van der Waals surface area contributed by atoms with E-state index in [4.69, 9.17) is 44.8 Å². The number of hydrogen-bond acceptors (Lipinski definition) is 9. The van der Waals surface area contributed by atoms with E-state index in [9.17, 15) is 0 Å². The number of aliphatic hydroxyl groups excluding tert-OH is 6. The van der Waals surface area contributed by atoms with Gasteiger partial charge in [-0.3, -0.25) is 0 Å². The Morgan fingerprint density at radius 1 is 0.600 bits per heavy atom. The van der Waals surface area contributed by atoms with Crippen LogP contribution in [0, 0.1) is 0 Å². The van der Waals surface area contributed by atoms with Gasteiger partial charge in [0.25, 0.3) is 0 Å². The second kappa shape index (κ2) is 18.6. The van der Waals surface area contributed by atoms with E-state index >= 15 is 0 Å². The monoisotopic (exact) mass is 302 g/mol. The van der Waals surface area contributed by atoms with Gasteiger partial charge in [0.05, 0.1) is 52.9 Å². The van der Waals surface area contributed by atoms with E-state index in [0.717, 1.165) is 0 Å². The van der Waals surface area contributed by atoms with Crippen molar-refractivity contribution in [1.82, 2.24) is 0 Å². The first kappa shape index (κ1) is 21.9. The number of ether oxygens (including phenoxy) is 3. The molecule has 1 saturated heterocycles. The second-order valence-corrected chi connectivity index (χ2v) is 3.58. The van der Waals surface area contributed by atoms with Crippen molar-refractivity contribution in [2.75, 3.05) is 59.6 Å². The van der Waals surface area contributed by atoms with Crippen LogP contribution in [-0.4, -0.2) is 102 Å². The molecule has 1 heterocycles. The Hall–Kier alpha value is -0.360. The lowest BCUT2D eigenvalue weighted by atomic mass is 10.4. The van der Waals surface area contributed by atoms with Crippen LogP contribution in [-0.2, 0) is 14.2 Å². The van der Waals surface area contributed by atoms with E-state index in [2.05, 4.69) is 0 Å². The molecule has 1 fully saturated rings. The van der Waals surface area contributed by atoms with Crippen LogP contribution < -0.4 is 0 Å². The van der Waals surface area contributed by atoms with Crippen LogP contribution in [0.5, 0.6) is 0 Å². The average molecular weight is 302 g/mol. The Bertz CT molecular complexity index is 128. The first-order chi connectivity index (χ1) is 9.62. The maximum atomic E-state index is 8.17. The predicted octanol–water partition coefficient (Wildman–Crippen LogP) is -3.33. The van der Waals surface area contributed by atoms with Crippen LogP contribution >= 0.6 is 0 Å². The van der Waals surface area contributed by atoms with E-state index in [1.807, 2.05) is 0 Å². The Kier molecular flexibility index (Phi) is 20.4. The van der Waals surface area contributed by atoms with Crippen LogP contribution in [0.2, 0.25) is 0 Å². The van der Waals surface area contributed by atoms with Crippen LogP contribution in [0.15, 0.2) is 0 Å². The SMILES string of the molecule is C1COCOCCO1.OCC(O)CO.OCC(O)CO. The van der Waals surface area contributed by atoms with Gasteiger partial charge in [-0.15, -0.1) is 0 Å². The molecule has 124 valence electrons. The molecule has 0 saturated carbocycles. The van der Waals surface area contributed by atoms with Gasteiger partial charge in [-0.25, -0.2) is 0 Å². The standard InChI is InChI=1S/C5H10O3.2C3H8O3/c1-3-7-5-8-4-2-6-1;2*4-1-3(6)2-5/h1-5H2;2*3-6H,1-2H2. The smallest absolute Gasteiger partial charge is 0.146 e. The zero-order chi connectivity index (χ0) is 15.6. The molecule has 0 bridgehead atoms. The fourth-order valence-corrected chi connectivity index (χ4v) is 0.630. The van der Waals surface area contributed by atoms with Crippen LogP contribution in [0.4, 0.5) is 0 Å². The molecule has 0 amide bonds. The van der Waals surface area contributed by atoms with Crippen molar-refractivity contribution in [3.8, 4) is 0 Å². The van der Waals surface area contributed by atoms with Crippen LogP contribution in [0.25, 0.3) is 0 Å². The van der Waals surface area contributed by atoms with Crippen molar-refractivity contribution in [2.45, 2.75) is 12.2 Å². The first-order valence-electron chi connectivity index (χ1n) is 6.15. The van der Waals surface area contributed by atoms with Crippen LogP contribution in [0.3, 0.4) is 0 Å². The summed E-state index contributed by atoms with van der Waals surface area (Å²) >= 11 is 0. The van der Waals surface area contributed by atoms with Gasteiger partial charge in [0.2, 0.25) is 0 Å². The van der Waals surface area contributed by atoms with Gasteiger partial charge in [0, 0.05) is 0 Å². The van der Waals surface area contributed by atoms with Crippen molar-refractivity contribution >= 4 is 0 Å². The first-order valence-corrected chi connectivity index (χ1v) is 6.15. The van der Waals surface area contributed by atoms with E-state index in [-0.39, 0.29) is 26.4 Å². The molecule has 1 rings (SSSR count). The zero-order valence-electron chi connectivity index (χ0n) is 11.4. The van der Waals surface area contributed by atoms with E-state index < -0.39 is 12.2 Å². The van der Waals surface area contributed by atoms with Crippen molar-refractivity contribution < 1.29 is 44.8 Å². The van der Waals surface area contributed by atoms with E-state index in [1.54, 1.807) is 0 Å². The highest BCUT2D eigenvalue weighted by molar-refractivity contribution is 4.44. The van der Waals surface area contributed by atoms with Crippen molar-refractivity contribution in [1.29, 1.82) is 0 Å². The minimum Gasteiger partial charge on any atom is -0.394 e. The summed E-state index contributed by atoms with van der Waals surface area (Å²) in [6.45, 7) is 1.66. The fourth-order valence-electron chi connectivity index (χ4n) is 0.630. The molecule has 1 aliphatic heterocycles. The fraction of sp³-hybridized carbons (Fsp3) is 1.00. The highest BCUT2D eigenvalue weighted by Crippen LogP contribution is 1.85. The van der Waals surface area contributed by atoms with Crippen LogP contribution in [0.1, 0.15) is 0 Å². The summed E-state index contributed by atoms with van der Waals surface area (Å²) in [5, 5.41) is 48.0. The largest absolute Gasteiger partial charge is 0.394 e. The molecule has 0 aliphatic carbocycles. The Labute approximate surface area is 118 Å². The molecule has 0 aromatic carbocycles. The quantitative estimate of drug-likeness (QED) is 0.313. The highest BCUT2D eigenvalue weighted by atomic mass is 16.7. The van der Waals surface area contributed by atoms with Gasteiger partial charge in [-0.05, 0) is 0 Å². The maximum absolute atomic E-state index is 8.17. The number of rotatable bonds is 4. The molecule has 0 atom stereocenters.